The standard InChI is InChI=1S/C8H9NO2S/c1-6-2-4-7(5-3-6)8(9)12(10)11/h2-5,9H,1H3,(H,10,11). The van der Waals surface area contributed by atoms with Crippen LogP contribution in [-0.2, 0) is 11.1 Å². The van der Waals surface area contributed by atoms with Crippen LogP contribution in [0.25, 0.3) is 0 Å². The van der Waals surface area contributed by atoms with Crippen LogP contribution in [0.1, 0.15) is 11.1 Å². The summed E-state index contributed by atoms with van der Waals surface area (Å²) < 4.78 is 19.1. The van der Waals surface area contributed by atoms with E-state index in [-0.39, 0.29) is 5.04 Å². The molecule has 0 aliphatic rings. The minimum Gasteiger partial charge on any atom is -0.301 e. The number of nitrogens with one attached hydrogen (secondary N) is 1. The lowest BCUT2D eigenvalue weighted by Crippen LogP contribution is -2.05. The minimum atomic E-state index is -2.18. The van der Waals surface area contributed by atoms with E-state index in [1.165, 1.54) is 0 Å². The quantitative estimate of drug-likeness (QED) is 0.394. The number of benzene rings is 1. The van der Waals surface area contributed by atoms with Crippen molar-refractivity contribution in [2.45, 2.75) is 6.92 Å². The summed E-state index contributed by atoms with van der Waals surface area (Å²) in [6.45, 7) is 1.92. The number of rotatable bonds is 1. The van der Waals surface area contributed by atoms with Gasteiger partial charge in [-0.25, -0.2) is 4.21 Å². The van der Waals surface area contributed by atoms with Crippen molar-refractivity contribution in [3.8, 4) is 0 Å². The molecule has 0 aliphatic carbocycles. The van der Waals surface area contributed by atoms with E-state index in [4.69, 9.17) is 9.96 Å². The molecule has 12 heavy (non-hydrogen) atoms. The van der Waals surface area contributed by atoms with Crippen LogP contribution in [0, 0.1) is 12.3 Å². The SMILES string of the molecule is Cc1ccc(C(=N)S(=O)O)cc1. The molecule has 0 radical (unpaired) electrons. The third kappa shape index (κ3) is 1.99. The van der Waals surface area contributed by atoms with E-state index in [0.29, 0.717) is 5.56 Å². The predicted molar refractivity (Wildman–Crippen MR) is 48.8 cm³/mol. The molecule has 0 amide bonds. The molecule has 64 valence electrons. The smallest absolute Gasteiger partial charge is 0.205 e. The Morgan fingerprint density at radius 1 is 1.42 bits per heavy atom. The second-order valence-corrected chi connectivity index (χ2v) is 3.35. The third-order valence-electron chi connectivity index (χ3n) is 1.49. The van der Waals surface area contributed by atoms with E-state index in [0.717, 1.165) is 5.56 Å². The molecule has 0 fully saturated rings. The number of hydrogen-bond donors (Lipinski definition) is 2. The monoisotopic (exact) mass is 183 g/mol. The molecular formula is C8H9NO2S. The summed E-state index contributed by atoms with van der Waals surface area (Å²) in [5, 5.41) is 6.95. The largest absolute Gasteiger partial charge is 0.301 e. The average molecular weight is 183 g/mol. The normalized spacial score (nSPS) is 12.5. The van der Waals surface area contributed by atoms with Crippen LogP contribution in [0.15, 0.2) is 24.3 Å². The topological polar surface area (TPSA) is 61.2 Å². The van der Waals surface area contributed by atoms with Crippen molar-refractivity contribution in [3.05, 3.63) is 35.4 Å². The summed E-state index contributed by atoms with van der Waals surface area (Å²) in [6.07, 6.45) is 0. The summed E-state index contributed by atoms with van der Waals surface area (Å²) in [5.74, 6) is 0. The first-order valence-corrected chi connectivity index (χ1v) is 4.48. The fourth-order valence-electron chi connectivity index (χ4n) is 0.806. The van der Waals surface area contributed by atoms with Crippen molar-refractivity contribution >= 4 is 16.1 Å². The lowest BCUT2D eigenvalue weighted by molar-refractivity contribution is 0.577. The van der Waals surface area contributed by atoms with E-state index in [1.807, 2.05) is 6.92 Å². The molecule has 0 aliphatic heterocycles. The van der Waals surface area contributed by atoms with Gasteiger partial charge in [0.2, 0.25) is 11.1 Å². The Balaban J connectivity index is 2.98. The Bertz CT molecular complexity index is 318. The highest BCUT2D eigenvalue weighted by Gasteiger charge is 2.05. The van der Waals surface area contributed by atoms with Crippen molar-refractivity contribution in [1.82, 2.24) is 0 Å². The molecule has 1 rings (SSSR count). The van der Waals surface area contributed by atoms with E-state index < -0.39 is 11.1 Å². The molecule has 0 aromatic heterocycles. The maximum absolute atomic E-state index is 10.5. The summed E-state index contributed by atoms with van der Waals surface area (Å²) in [5.41, 5.74) is 1.55. The highest BCUT2D eigenvalue weighted by molar-refractivity contribution is 7.96. The Kier molecular flexibility index (Phi) is 2.73. The van der Waals surface area contributed by atoms with Gasteiger partial charge in [-0.15, -0.1) is 0 Å². The van der Waals surface area contributed by atoms with Crippen molar-refractivity contribution in [1.29, 1.82) is 5.41 Å². The van der Waals surface area contributed by atoms with Crippen LogP contribution in [0.4, 0.5) is 0 Å². The van der Waals surface area contributed by atoms with Crippen LogP contribution in [0.5, 0.6) is 0 Å². The van der Waals surface area contributed by atoms with Crippen LogP contribution in [-0.4, -0.2) is 13.8 Å². The molecular weight excluding hydrogens is 174 g/mol. The number of aryl methyl sites for hydroxylation is 1. The lowest BCUT2D eigenvalue weighted by Gasteiger charge is -1.98. The lowest BCUT2D eigenvalue weighted by atomic mass is 10.2. The zero-order chi connectivity index (χ0) is 9.14. The molecule has 4 heteroatoms. The zero-order valence-corrected chi connectivity index (χ0v) is 7.39. The second-order valence-electron chi connectivity index (χ2n) is 2.44. The van der Waals surface area contributed by atoms with Crippen LogP contribution < -0.4 is 0 Å². The first-order chi connectivity index (χ1) is 5.61. The van der Waals surface area contributed by atoms with Crippen molar-refractivity contribution < 1.29 is 8.76 Å². The molecule has 3 nitrogen and oxygen atoms in total. The molecule has 1 unspecified atom stereocenters. The molecule has 1 aromatic carbocycles. The van der Waals surface area contributed by atoms with Crippen molar-refractivity contribution in [2.75, 3.05) is 0 Å². The van der Waals surface area contributed by atoms with Crippen LogP contribution in [0.3, 0.4) is 0 Å². The molecule has 1 aromatic rings. The van der Waals surface area contributed by atoms with Crippen molar-refractivity contribution in [2.24, 2.45) is 0 Å². The van der Waals surface area contributed by atoms with Gasteiger partial charge in [-0.05, 0) is 6.92 Å². The average Bonchev–Trinajstić information content (AvgIpc) is 2.04. The van der Waals surface area contributed by atoms with Gasteiger partial charge in [-0.3, -0.25) is 5.41 Å². The molecule has 2 N–H and O–H groups in total. The van der Waals surface area contributed by atoms with Gasteiger partial charge in [0, 0.05) is 5.56 Å². The fraction of sp³-hybridized carbons (Fsp3) is 0.125. The highest BCUT2D eigenvalue weighted by Crippen LogP contribution is 2.04. The van der Waals surface area contributed by atoms with Crippen molar-refractivity contribution in [3.63, 3.8) is 0 Å². The van der Waals surface area contributed by atoms with E-state index >= 15 is 0 Å². The Labute approximate surface area is 73.2 Å². The maximum Gasteiger partial charge on any atom is 0.205 e. The van der Waals surface area contributed by atoms with E-state index in [9.17, 15) is 4.21 Å². The Morgan fingerprint density at radius 2 is 1.92 bits per heavy atom. The van der Waals surface area contributed by atoms with Gasteiger partial charge in [-0.2, -0.15) is 0 Å². The third-order valence-corrected chi connectivity index (χ3v) is 2.07. The van der Waals surface area contributed by atoms with Gasteiger partial charge >= 0.3 is 0 Å². The van der Waals surface area contributed by atoms with E-state index in [1.54, 1.807) is 24.3 Å². The van der Waals surface area contributed by atoms with Gasteiger partial charge < -0.3 is 4.55 Å². The van der Waals surface area contributed by atoms with Gasteiger partial charge in [0.1, 0.15) is 0 Å². The van der Waals surface area contributed by atoms with Gasteiger partial charge in [-0.1, -0.05) is 29.8 Å². The van der Waals surface area contributed by atoms with Gasteiger partial charge in [0.05, 0.1) is 0 Å². The highest BCUT2D eigenvalue weighted by atomic mass is 32.2. The van der Waals surface area contributed by atoms with Crippen LogP contribution >= 0.6 is 0 Å². The maximum atomic E-state index is 10.5. The molecule has 1 atom stereocenters. The first kappa shape index (κ1) is 9.09. The van der Waals surface area contributed by atoms with Gasteiger partial charge in [0.15, 0.2) is 5.04 Å². The molecule has 0 saturated heterocycles. The summed E-state index contributed by atoms with van der Waals surface area (Å²) in [6, 6.07) is 6.92. The first-order valence-electron chi connectivity index (χ1n) is 3.37. The number of hydrogen-bond acceptors (Lipinski definition) is 2. The van der Waals surface area contributed by atoms with Crippen LogP contribution in [0.2, 0.25) is 0 Å². The fourth-order valence-corrected chi connectivity index (χ4v) is 1.14. The minimum absolute atomic E-state index is 0.255. The second kappa shape index (κ2) is 3.60. The summed E-state index contributed by atoms with van der Waals surface area (Å²) in [7, 11) is 0. The summed E-state index contributed by atoms with van der Waals surface area (Å²) >= 11 is -2.18. The Hall–Kier alpha value is -1.00. The molecule has 0 spiro atoms. The summed E-state index contributed by atoms with van der Waals surface area (Å²) in [4.78, 5) is 0. The molecule has 0 heterocycles. The van der Waals surface area contributed by atoms with Gasteiger partial charge in [0.25, 0.3) is 0 Å². The van der Waals surface area contributed by atoms with E-state index in [2.05, 4.69) is 0 Å². The molecule has 0 saturated carbocycles. The zero-order valence-electron chi connectivity index (χ0n) is 6.57. The Morgan fingerprint density at radius 3 is 2.33 bits per heavy atom. The molecule has 0 bridgehead atoms. The predicted octanol–water partition coefficient (Wildman–Crippen LogP) is 1.54.